The Bertz CT molecular complexity index is 417. The van der Waals surface area contributed by atoms with Crippen molar-refractivity contribution in [2.24, 2.45) is 0 Å². The predicted molar refractivity (Wildman–Crippen MR) is 73.5 cm³/mol. The van der Waals surface area contributed by atoms with E-state index in [2.05, 4.69) is 4.90 Å². The van der Waals surface area contributed by atoms with Crippen molar-refractivity contribution in [3.8, 4) is 0 Å². The third-order valence-electron chi connectivity index (χ3n) is 2.98. The van der Waals surface area contributed by atoms with Crippen LogP contribution in [0.4, 0.5) is 0 Å². The maximum absolute atomic E-state index is 11.9. The molecular weight excluding hydrogens is 248 g/mol. The Balaban J connectivity index is 1.99. The summed E-state index contributed by atoms with van der Waals surface area (Å²) in [6, 6.07) is 3.93. The van der Waals surface area contributed by atoms with Gasteiger partial charge in [0.05, 0.1) is 5.75 Å². The highest BCUT2D eigenvalue weighted by Crippen LogP contribution is 2.39. The normalized spacial score (nSPS) is 20.1. The Labute approximate surface area is 112 Å². The number of aryl methyl sites for hydroxylation is 1. The van der Waals surface area contributed by atoms with E-state index in [1.54, 1.807) is 11.8 Å². The molecule has 100 valence electrons. The van der Waals surface area contributed by atoms with E-state index in [1.165, 1.54) is 0 Å². The molecule has 2 rings (SSSR count). The summed E-state index contributed by atoms with van der Waals surface area (Å²) in [5, 5.41) is 0.0633. The Hall–Kier alpha value is -0.940. The molecule has 0 aromatic carbocycles. The smallest absolute Gasteiger partial charge is 0.233 e. The van der Waals surface area contributed by atoms with Gasteiger partial charge in [0.1, 0.15) is 16.9 Å². The van der Waals surface area contributed by atoms with Gasteiger partial charge in [-0.2, -0.15) is 0 Å². The van der Waals surface area contributed by atoms with Gasteiger partial charge in [0.2, 0.25) is 5.91 Å². The first kappa shape index (κ1) is 13.5. The number of amides is 1. The lowest BCUT2D eigenvalue weighted by atomic mass is 10.3. The third kappa shape index (κ3) is 3.09. The first-order valence-electron chi connectivity index (χ1n) is 6.20. The molecular formula is C13H20N2O2S. The minimum absolute atomic E-state index is 0.0633. The van der Waals surface area contributed by atoms with E-state index < -0.39 is 0 Å². The molecule has 0 bridgehead atoms. The molecule has 0 aliphatic carbocycles. The van der Waals surface area contributed by atoms with Crippen LogP contribution in [0.3, 0.4) is 0 Å². The minimum atomic E-state index is 0.0633. The molecule has 0 spiro atoms. The van der Waals surface area contributed by atoms with Crippen LogP contribution in [0.15, 0.2) is 16.5 Å². The average Bonchev–Trinajstić information content (AvgIpc) is 2.86. The van der Waals surface area contributed by atoms with Crippen LogP contribution in [0.25, 0.3) is 0 Å². The van der Waals surface area contributed by atoms with Crippen LogP contribution >= 0.6 is 11.8 Å². The molecule has 1 fully saturated rings. The van der Waals surface area contributed by atoms with Gasteiger partial charge in [-0.25, -0.2) is 0 Å². The van der Waals surface area contributed by atoms with Gasteiger partial charge in [-0.05, 0) is 46.1 Å². The van der Waals surface area contributed by atoms with Crippen LogP contribution in [0.1, 0.15) is 23.3 Å². The number of hydrogen-bond donors (Lipinski definition) is 0. The Kier molecular flexibility index (Phi) is 4.35. The molecule has 1 saturated heterocycles. The fraction of sp³-hybridized carbons (Fsp3) is 0.615. The summed E-state index contributed by atoms with van der Waals surface area (Å²) in [7, 11) is 4.10. The average molecular weight is 268 g/mol. The molecule has 1 aromatic heterocycles. The maximum Gasteiger partial charge on any atom is 0.233 e. The minimum Gasteiger partial charge on any atom is -0.463 e. The number of hydrogen-bond acceptors (Lipinski definition) is 4. The van der Waals surface area contributed by atoms with Crippen LogP contribution in [0, 0.1) is 6.92 Å². The van der Waals surface area contributed by atoms with Gasteiger partial charge in [0.25, 0.3) is 0 Å². The van der Waals surface area contributed by atoms with Gasteiger partial charge in [-0.3, -0.25) is 4.79 Å². The number of nitrogens with zero attached hydrogens (tertiary/aromatic N) is 2. The fourth-order valence-electron chi connectivity index (χ4n) is 2.07. The molecule has 2 heterocycles. The highest BCUT2D eigenvalue weighted by Gasteiger charge is 2.34. The molecule has 1 unspecified atom stereocenters. The summed E-state index contributed by atoms with van der Waals surface area (Å²) < 4.78 is 5.65. The second-order valence-corrected chi connectivity index (χ2v) is 5.92. The lowest BCUT2D eigenvalue weighted by molar-refractivity contribution is -0.128. The van der Waals surface area contributed by atoms with Crippen LogP contribution < -0.4 is 0 Å². The van der Waals surface area contributed by atoms with Crippen LogP contribution in [0.5, 0.6) is 0 Å². The number of furan rings is 1. The molecule has 1 atom stereocenters. The van der Waals surface area contributed by atoms with E-state index in [-0.39, 0.29) is 11.3 Å². The van der Waals surface area contributed by atoms with Gasteiger partial charge in [0.15, 0.2) is 0 Å². The maximum atomic E-state index is 11.9. The largest absolute Gasteiger partial charge is 0.463 e. The van der Waals surface area contributed by atoms with E-state index in [9.17, 15) is 4.79 Å². The molecule has 1 aromatic rings. The predicted octanol–water partition coefficient (Wildman–Crippen LogP) is 2.11. The van der Waals surface area contributed by atoms with Crippen molar-refractivity contribution in [2.75, 3.05) is 32.9 Å². The monoisotopic (exact) mass is 268 g/mol. The van der Waals surface area contributed by atoms with Crippen LogP contribution in [-0.4, -0.2) is 48.6 Å². The van der Waals surface area contributed by atoms with Crippen LogP contribution in [0.2, 0.25) is 0 Å². The molecule has 1 aliphatic heterocycles. The third-order valence-corrected chi connectivity index (χ3v) is 4.19. The lowest BCUT2D eigenvalue weighted by Crippen LogP contribution is -2.30. The lowest BCUT2D eigenvalue weighted by Gasteiger charge is -2.23. The standard InChI is InChI=1S/C13H20N2O2S/c1-10-5-6-11(17-10)13-15(12(16)9-18-13)8-4-7-14(2)3/h5-6,13H,4,7-9H2,1-3H3. The van der Waals surface area contributed by atoms with E-state index in [4.69, 9.17) is 4.42 Å². The summed E-state index contributed by atoms with van der Waals surface area (Å²) in [5.41, 5.74) is 0. The number of carbonyl (C=O) groups excluding carboxylic acids is 1. The number of carbonyl (C=O) groups is 1. The highest BCUT2D eigenvalue weighted by molar-refractivity contribution is 8.00. The number of rotatable bonds is 5. The van der Waals surface area contributed by atoms with Gasteiger partial charge >= 0.3 is 0 Å². The molecule has 1 aliphatic rings. The second-order valence-electron chi connectivity index (χ2n) is 4.86. The molecule has 0 radical (unpaired) electrons. The summed E-state index contributed by atoms with van der Waals surface area (Å²) in [5.74, 6) is 2.58. The van der Waals surface area contributed by atoms with Gasteiger partial charge in [-0.15, -0.1) is 11.8 Å². The summed E-state index contributed by atoms with van der Waals surface area (Å²) in [6.07, 6.45) is 0.996. The first-order valence-corrected chi connectivity index (χ1v) is 7.25. The molecule has 18 heavy (non-hydrogen) atoms. The van der Waals surface area contributed by atoms with E-state index in [0.29, 0.717) is 5.75 Å². The van der Waals surface area contributed by atoms with E-state index >= 15 is 0 Å². The zero-order chi connectivity index (χ0) is 13.1. The van der Waals surface area contributed by atoms with Crippen molar-refractivity contribution in [3.05, 3.63) is 23.7 Å². The SMILES string of the molecule is Cc1ccc(C2SCC(=O)N2CCCN(C)C)o1. The Morgan fingerprint density at radius 2 is 2.28 bits per heavy atom. The zero-order valence-electron chi connectivity index (χ0n) is 11.2. The van der Waals surface area contributed by atoms with Gasteiger partial charge < -0.3 is 14.2 Å². The molecule has 1 amide bonds. The van der Waals surface area contributed by atoms with E-state index in [1.807, 2.05) is 38.1 Å². The Morgan fingerprint density at radius 3 is 2.89 bits per heavy atom. The second kappa shape index (κ2) is 5.80. The summed E-state index contributed by atoms with van der Waals surface area (Å²) in [4.78, 5) is 16.0. The van der Waals surface area contributed by atoms with Crippen molar-refractivity contribution in [1.82, 2.24) is 9.80 Å². The van der Waals surface area contributed by atoms with Crippen LogP contribution in [-0.2, 0) is 4.79 Å². The van der Waals surface area contributed by atoms with Gasteiger partial charge in [-0.1, -0.05) is 0 Å². The molecule has 4 nitrogen and oxygen atoms in total. The fourth-order valence-corrected chi connectivity index (χ4v) is 3.24. The van der Waals surface area contributed by atoms with E-state index in [0.717, 1.165) is 31.0 Å². The van der Waals surface area contributed by atoms with Crippen molar-refractivity contribution in [1.29, 1.82) is 0 Å². The zero-order valence-corrected chi connectivity index (χ0v) is 12.0. The Morgan fingerprint density at radius 1 is 1.50 bits per heavy atom. The molecule has 0 N–H and O–H groups in total. The summed E-state index contributed by atoms with van der Waals surface area (Å²) >= 11 is 1.65. The van der Waals surface area contributed by atoms with Crippen molar-refractivity contribution in [2.45, 2.75) is 18.7 Å². The molecule has 0 saturated carbocycles. The topological polar surface area (TPSA) is 36.7 Å². The van der Waals surface area contributed by atoms with Crippen molar-refractivity contribution in [3.63, 3.8) is 0 Å². The molecule has 5 heteroatoms. The quantitative estimate of drug-likeness (QED) is 0.819. The number of thioether (sulfide) groups is 1. The summed E-state index contributed by atoms with van der Waals surface area (Å²) in [6.45, 7) is 3.73. The highest BCUT2D eigenvalue weighted by atomic mass is 32.2. The first-order chi connectivity index (χ1) is 8.58. The van der Waals surface area contributed by atoms with Crippen molar-refractivity contribution >= 4 is 17.7 Å². The van der Waals surface area contributed by atoms with Gasteiger partial charge in [0, 0.05) is 6.54 Å². The van der Waals surface area contributed by atoms with Crippen molar-refractivity contribution < 1.29 is 9.21 Å².